The number of rotatable bonds is 13. The average molecular weight is 656 g/mol. The molecule has 2 bridgehead atoms. The minimum atomic E-state index is -0.269. The molecule has 1 aliphatic carbocycles. The van der Waals surface area contributed by atoms with Gasteiger partial charge in [-0.2, -0.15) is 5.26 Å². The maximum absolute atomic E-state index is 9.66. The number of fused-ring (bicyclic) bond motifs is 2. The molecule has 0 radical (unpaired) electrons. The van der Waals surface area contributed by atoms with Crippen molar-refractivity contribution in [1.82, 2.24) is 44.9 Å². The van der Waals surface area contributed by atoms with E-state index >= 15 is 0 Å². The van der Waals surface area contributed by atoms with Gasteiger partial charge in [0.05, 0.1) is 44.2 Å². The highest BCUT2D eigenvalue weighted by atomic mass is 16.5. The highest BCUT2D eigenvalue weighted by molar-refractivity contribution is 5.67. The second-order valence-corrected chi connectivity index (χ2v) is 12.7. The molecule has 252 valence electrons. The number of anilines is 2. The first-order chi connectivity index (χ1) is 23.6. The molecule has 2 aliphatic heterocycles. The molecule has 0 unspecified atom stereocenters. The van der Waals surface area contributed by atoms with Crippen LogP contribution < -0.4 is 14.8 Å². The maximum Gasteiger partial charge on any atom is 0.257 e. The summed E-state index contributed by atoms with van der Waals surface area (Å²) in [4.78, 5) is 11.9. The highest BCUT2D eigenvalue weighted by Gasteiger charge is 2.42. The number of nitriles is 1. The third kappa shape index (κ3) is 7.10. The molecule has 5 heterocycles. The molecule has 7 rings (SSSR count). The Balaban J connectivity index is 1.02. The fraction of sp³-hybridized carbons (Fsp3) is 0.545. The lowest BCUT2D eigenvalue weighted by Crippen LogP contribution is -2.52. The smallest absolute Gasteiger partial charge is 0.257 e. The Bertz CT molecular complexity index is 1670. The Hall–Kier alpha value is -4.65. The van der Waals surface area contributed by atoms with E-state index < -0.39 is 0 Å². The minimum Gasteiger partial charge on any atom is -0.487 e. The number of hydrogen-bond donors (Lipinski definition) is 1. The van der Waals surface area contributed by atoms with Gasteiger partial charge in [-0.15, -0.1) is 10.2 Å². The normalized spacial score (nSPS) is 23.0. The number of aromatic nitrogens is 8. The number of ether oxygens (including phenoxy) is 4. The minimum absolute atomic E-state index is 0.269. The van der Waals surface area contributed by atoms with E-state index in [0.717, 1.165) is 50.0 Å². The molecule has 15 heteroatoms. The van der Waals surface area contributed by atoms with Gasteiger partial charge in [-0.25, -0.2) is 14.6 Å². The largest absolute Gasteiger partial charge is 0.487 e. The molecule has 1 saturated carbocycles. The second kappa shape index (κ2) is 14.6. The number of nitrogens with one attached hydrogen (secondary N) is 1. The molecule has 2 saturated heterocycles. The number of tetrazole rings is 1. The average Bonchev–Trinajstić information content (AvgIpc) is 3.83. The van der Waals surface area contributed by atoms with Crippen molar-refractivity contribution in [3.05, 3.63) is 48.7 Å². The predicted molar refractivity (Wildman–Crippen MR) is 174 cm³/mol. The van der Waals surface area contributed by atoms with Crippen molar-refractivity contribution in [3.8, 4) is 28.8 Å². The summed E-state index contributed by atoms with van der Waals surface area (Å²) in [6.45, 7) is 4.93. The SMILES string of the molecule is COCCOc1nn(C2CCC(N3[C@@H]4CC[C@H]3COC4)CC2)cc1Nc1ncc(-c2ccc(C#N)c(O[C@@H](C)Cn3cnnn3)c2)cn1. The molecular weight excluding hydrogens is 614 g/mol. The summed E-state index contributed by atoms with van der Waals surface area (Å²) >= 11 is 0. The topological polar surface area (TPSA) is 163 Å². The summed E-state index contributed by atoms with van der Waals surface area (Å²) < 4.78 is 26.8. The van der Waals surface area contributed by atoms with Crippen LogP contribution in [0, 0.1) is 11.3 Å². The first kappa shape index (κ1) is 31.9. The molecule has 3 aliphatic rings. The summed E-state index contributed by atoms with van der Waals surface area (Å²) in [7, 11) is 1.65. The lowest BCUT2D eigenvalue weighted by Gasteiger charge is -2.43. The van der Waals surface area contributed by atoms with E-state index in [-0.39, 0.29) is 6.10 Å². The van der Waals surface area contributed by atoms with E-state index in [2.05, 4.69) is 41.8 Å². The summed E-state index contributed by atoms with van der Waals surface area (Å²) in [5.74, 6) is 1.38. The molecule has 15 nitrogen and oxygen atoms in total. The van der Waals surface area contributed by atoms with Gasteiger partial charge in [0.1, 0.15) is 36.5 Å². The monoisotopic (exact) mass is 655 g/mol. The third-order valence-electron chi connectivity index (χ3n) is 9.48. The van der Waals surface area contributed by atoms with Crippen molar-refractivity contribution in [2.24, 2.45) is 0 Å². The Morgan fingerprint density at radius 2 is 1.75 bits per heavy atom. The first-order valence-electron chi connectivity index (χ1n) is 16.6. The number of benzene rings is 1. The van der Waals surface area contributed by atoms with E-state index in [4.69, 9.17) is 24.0 Å². The molecule has 3 aromatic heterocycles. The fourth-order valence-corrected chi connectivity index (χ4v) is 7.19. The summed E-state index contributed by atoms with van der Waals surface area (Å²) in [5.41, 5.74) is 2.74. The highest BCUT2D eigenvalue weighted by Crippen LogP contribution is 2.39. The molecule has 3 atom stereocenters. The predicted octanol–water partition coefficient (Wildman–Crippen LogP) is 3.78. The van der Waals surface area contributed by atoms with Crippen LogP contribution in [0.5, 0.6) is 11.6 Å². The molecule has 0 amide bonds. The van der Waals surface area contributed by atoms with Crippen molar-refractivity contribution in [1.29, 1.82) is 5.26 Å². The van der Waals surface area contributed by atoms with Gasteiger partial charge in [-0.1, -0.05) is 6.07 Å². The Kier molecular flexibility index (Phi) is 9.73. The van der Waals surface area contributed by atoms with Crippen LogP contribution in [0.25, 0.3) is 11.1 Å². The lowest BCUT2D eigenvalue weighted by molar-refractivity contribution is -0.0458. The van der Waals surface area contributed by atoms with Crippen molar-refractivity contribution in [2.75, 3.05) is 38.9 Å². The molecule has 1 N–H and O–H groups in total. The summed E-state index contributed by atoms with van der Waals surface area (Å²) in [5, 5.41) is 29.0. The summed E-state index contributed by atoms with van der Waals surface area (Å²) in [6.07, 6.45) is 13.7. The molecule has 0 spiro atoms. The molecule has 48 heavy (non-hydrogen) atoms. The van der Waals surface area contributed by atoms with Crippen molar-refractivity contribution < 1.29 is 18.9 Å². The van der Waals surface area contributed by atoms with Crippen LogP contribution in [-0.2, 0) is 16.0 Å². The molecule has 3 fully saturated rings. The van der Waals surface area contributed by atoms with Gasteiger partial charge in [0.2, 0.25) is 5.95 Å². The van der Waals surface area contributed by atoms with Gasteiger partial charge in [0.25, 0.3) is 5.88 Å². The van der Waals surface area contributed by atoms with E-state index in [1.807, 2.05) is 29.9 Å². The van der Waals surface area contributed by atoms with E-state index in [9.17, 15) is 5.26 Å². The van der Waals surface area contributed by atoms with Crippen LogP contribution in [0.15, 0.2) is 43.1 Å². The van der Waals surface area contributed by atoms with Gasteiger partial charge in [-0.05, 0) is 73.6 Å². The van der Waals surface area contributed by atoms with Gasteiger partial charge in [-0.3, -0.25) is 9.58 Å². The van der Waals surface area contributed by atoms with Crippen molar-refractivity contribution in [2.45, 2.75) is 82.3 Å². The van der Waals surface area contributed by atoms with E-state index in [0.29, 0.717) is 72.8 Å². The van der Waals surface area contributed by atoms with E-state index in [1.165, 1.54) is 19.2 Å². The van der Waals surface area contributed by atoms with Crippen LogP contribution in [0.1, 0.15) is 57.1 Å². The number of morpholine rings is 1. The lowest BCUT2D eigenvalue weighted by atomic mass is 9.89. The number of nitrogens with zero attached hydrogens (tertiary/aromatic N) is 10. The van der Waals surface area contributed by atoms with Gasteiger partial charge < -0.3 is 24.3 Å². The second-order valence-electron chi connectivity index (χ2n) is 12.7. The number of methoxy groups -OCH3 is 1. The van der Waals surface area contributed by atoms with Crippen LogP contribution in [-0.4, -0.2) is 103 Å². The quantitative estimate of drug-likeness (QED) is 0.207. The third-order valence-corrected chi connectivity index (χ3v) is 9.48. The summed E-state index contributed by atoms with van der Waals surface area (Å²) in [6, 6.07) is 9.71. The van der Waals surface area contributed by atoms with E-state index in [1.54, 1.807) is 30.3 Å². The molecule has 1 aromatic carbocycles. The zero-order valence-corrected chi connectivity index (χ0v) is 27.3. The standard InChI is InChI=1S/C33H41N11O4/c1-22(17-42-21-37-40-41-42)48-31-13-23(3-4-24(31)14-34)25-15-35-33(36-16-25)38-30-18-43(39-32(30)47-12-11-45-2)26-5-7-27(8-6-26)44-28-9-10-29(44)20-46-19-28/h3-4,13,15-16,18,21-22,26-29H,5-12,17,19-20H2,1-2H3,(H,35,36,38)/t22-,26?,27?,28-,29+/m0/s1. The molecular formula is C33H41N11O4. The zero-order valence-electron chi connectivity index (χ0n) is 27.3. The Morgan fingerprint density at radius 1 is 1.00 bits per heavy atom. The van der Waals surface area contributed by atoms with Crippen LogP contribution in [0.4, 0.5) is 11.6 Å². The first-order valence-corrected chi connectivity index (χ1v) is 16.6. The van der Waals surface area contributed by atoms with Crippen molar-refractivity contribution in [3.63, 3.8) is 0 Å². The maximum atomic E-state index is 9.66. The van der Waals surface area contributed by atoms with Crippen LogP contribution >= 0.6 is 0 Å². The zero-order chi connectivity index (χ0) is 32.9. The van der Waals surface area contributed by atoms with Crippen LogP contribution in [0.2, 0.25) is 0 Å². The van der Waals surface area contributed by atoms with Crippen LogP contribution in [0.3, 0.4) is 0 Å². The number of hydrogen-bond acceptors (Lipinski definition) is 13. The van der Waals surface area contributed by atoms with Crippen molar-refractivity contribution >= 4 is 11.6 Å². The molecule has 4 aromatic rings. The van der Waals surface area contributed by atoms with Gasteiger partial charge in [0.15, 0.2) is 0 Å². The Morgan fingerprint density at radius 3 is 2.46 bits per heavy atom. The van der Waals surface area contributed by atoms with Gasteiger partial charge >= 0.3 is 0 Å². The van der Waals surface area contributed by atoms with Gasteiger partial charge in [0, 0.05) is 43.2 Å². The fourth-order valence-electron chi connectivity index (χ4n) is 7.19. The Labute approximate surface area is 279 Å².